The van der Waals surface area contributed by atoms with E-state index < -0.39 is 0 Å². The molecule has 0 aromatic carbocycles. The first kappa shape index (κ1) is 8.31. The molecule has 0 rings (SSSR count). The van der Waals surface area contributed by atoms with Crippen molar-refractivity contribution < 1.29 is 3.89 Å². The minimum absolute atomic E-state index is 0.799. The normalized spacial score (nSPS) is 12.0. The van der Waals surface area contributed by atoms with E-state index in [0.29, 0.717) is 0 Å². The number of hydrogen-bond donors (Lipinski definition) is 1. The Balaban J connectivity index is 3.11. The summed E-state index contributed by atoms with van der Waals surface area (Å²) in [6, 6.07) is 0. The smallest absolute Gasteiger partial charge is 0.0886 e. The van der Waals surface area contributed by atoms with Gasteiger partial charge in [0.25, 0.3) is 0 Å². The van der Waals surface area contributed by atoms with Crippen LogP contribution in [0.2, 0.25) is 0 Å². The summed E-state index contributed by atoms with van der Waals surface area (Å²) in [6.07, 6.45) is 2.54. The van der Waals surface area contributed by atoms with Gasteiger partial charge in [-0.25, -0.2) is 0 Å². The number of nitrogens with zero attached hydrogens (tertiary/aromatic N) is 1. The van der Waals surface area contributed by atoms with Gasteiger partial charge in [0.05, 0.1) is 33.5 Å². The van der Waals surface area contributed by atoms with Crippen molar-refractivity contribution in [3.8, 4) is 0 Å². The van der Waals surface area contributed by atoms with E-state index >= 15 is 0 Å². The van der Waals surface area contributed by atoms with E-state index in [2.05, 4.69) is 33.8 Å². The quantitative estimate of drug-likeness (QED) is 0.441. The molecule has 0 aliphatic rings. The number of rotatable bonds is 3. The molecular weight excluding hydrogens is 118 g/mol. The van der Waals surface area contributed by atoms with E-state index in [1.807, 2.05) is 0 Å². The molecule has 2 heteroatoms. The molecule has 0 N–H and O–H groups in total. The Morgan fingerprint density at radius 2 is 1.88 bits per heavy atom. The van der Waals surface area contributed by atoms with Gasteiger partial charge in [-0.1, -0.05) is 13.3 Å². The molecule has 0 aromatic rings. The molecule has 1 nitrogen and oxygen atoms in total. The first-order chi connectivity index (χ1) is 3.56. The zero-order valence-corrected chi connectivity index (χ0v) is 6.91. The Hall–Kier alpha value is 0.310. The standard InChI is InChI=1S/C6H16NS/c1-4-5-6-7(2,3)8/h8H,4-6H2,1-3H3/q+1. The van der Waals surface area contributed by atoms with Gasteiger partial charge in [-0.2, -0.15) is 0 Å². The van der Waals surface area contributed by atoms with E-state index in [1.54, 1.807) is 0 Å². The third-order valence-electron chi connectivity index (χ3n) is 1.06. The van der Waals surface area contributed by atoms with Crippen LogP contribution in [0, 0.1) is 0 Å². The summed E-state index contributed by atoms with van der Waals surface area (Å²) in [6.45, 7) is 3.36. The summed E-state index contributed by atoms with van der Waals surface area (Å²) < 4.78 is 0.799. The van der Waals surface area contributed by atoms with E-state index in [9.17, 15) is 0 Å². The summed E-state index contributed by atoms with van der Waals surface area (Å²) in [5.74, 6) is 0. The molecule has 50 valence electrons. The summed E-state index contributed by atoms with van der Waals surface area (Å²) in [5.41, 5.74) is 0. The monoisotopic (exact) mass is 134 g/mol. The van der Waals surface area contributed by atoms with Crippen LogP contribution in [0.1, 0.15) is 19.8 Å². The van der Waals surface area contributed by atoms with Gasteiger partial charge >= 0.3 is 0 Å². The third kappa shape index (κ3) is 6.31. The molecule has 0 saturated heterocycles. The van der Waals surface area contributed by atoms with Gasteiger partial charge in [-0.3, -0.25) is 3.89 Å². The van der Waals surface area contributed by atoms with Crippen LogP contribution in [0.25, 0.3) is 0 Å². The maximum atomic E-state index is 4.33. The lowest BCUT2D eigenvalue weighted by molar-refractivity contribution is -0.747. The first-order valence-corrected chi connectivity index (χ1v) is 3.52. The summed E-state index contributed by atoms with van der Waals surface area (Å²) in [5, 5.41) is 0. The lowest BCUT2D eigenvalue weighted by atomic mass is 10.3. The second kappa shape index (κ2) is 3.36. The van der Waals surface area contributed by atoms with E-state index in [4.69, 9.17) is 0 Å². The topological polar surface area (TPSA) is 0 Å². The fourth-order valence-corrected chi connectivity index (χ4v) is 0.686. The molecule has 0 radical (unpaired) electrons. The number of unbranched alkanes of at least 4 members (excludes halogenated alkanes) is 1. The van der Waals surface area contributed by atoms with Crippen LogP contribution in [0.4, 0.5) is 0 Å². The Morgan fingerprint density at radius 3 is 2.00 bits per heavy atom. The van der Waals surface area contributed by atoms with Crippen molar-refractivity contribution in [1.29, 1.82) is 0 Å². The molecule has 0 saturated carbocycles. The predicted molar refractivity (Wildman–Crippen MR) is 40.9 cm³/mol. The van der Waals surface area contributed by atoms with Crippen molar-refractivity contribution in [3.05, 3.63) is 0 Å². The van der Waals surface area contributed by atoms with E-state index in [1.165, 1.54) is 19.4 Å². The molecule has 0 fully saturated rings. The molecule has 0 amide bonds. The van der Waals surface area contributed by atoms with Crippen molar-refractivity contribution >= 4 is 12.8 Å². The van der Waals surface area contributed by atoms with Crippen molar-refractivity contribution in [2.75, 3.05) is 20.6 Å². The second-order valence-corrected chi connectivity index (χ2v) is 3.78. The fraction of sp³-hybridized carbons (Fsp3) is 1.00. The third-order valence-corrected chi connectivity index (χ3v) is 1.26. The zero-order chi connectivity index (χ0) is 6.62. The SMILES string of the molecule is CCCC[N+](C)(C)S. The van der Waals surface area contributed by atoms with Gasteiger partial charge in [-0.05, 0) is 6.42 Å². The molecule has 0 unspecified atom stereocenters. The average Bonchev–Trinajstić information content (AvgIpc) is 1.59. The number of thiol groups is 1. The molecule has 0 atom stereocenters. The maximum absolute atomic E-state index is 4.33. The van der Waals surface area contributed by atoms with Crippen LogP contribution in [-0.4, -0.2) is 24.5 Å². The van der Waals surface area contributed by atoms with Crippen LogP contribution in [-0.2, 0) is 0 Å². The van der Waals surface area contributed by atoms with Crippen molar-refractivity contribution in [2.24, 2.45) is 0 Å². The van der Waals surface area contributed by atoms with Gasteiger partial charge in [0.15, 0.2) is 0 Å². The average molecular weight is 134 g/mol. The van der Waals surface area contributed by atoms with E-state index in [-0.39, 0.29) is 0 Å². The Labute approximate surface area is 57.8 Å². The largest absolute Gasteiger partial charge is 0.269 e. The molecule has 0 spiro atoms. The molecule has 0 aliphatic carbocycles. The van der Waals surface area contributed by atoms with Gasteiger partial charge < -0.3 is 0 Å². The van der Waals surface area contributed by atoms with Crippen molar-refractivity contribution in [2.45, 2.75) is 19.8 Å². The highest BCUT2D eigenvalue weighted by Gasteiger charge is 2.05. The first-order valence-electron chi connectivity index (χ1n) is 3.12. The van der Waals surface area contributed by atoms with Crippen LogP contribution < -0.4 is 0 Å². The molecule has 0 aromatic heterocycles. The highest BCUT2D eigenvalue weighted by molar-refractivity contribution is 7.74. The highest BCUT2D eigenvalue weighted by atomic mass is 32.1. The van der Waals surface area contributed by atoms with Crippen LogP contribution >= 0.6 is 12.8 Å². The Bertz CT molecular complexity index is 56.0. The highest BCUT2D eigenvalue weighted by Crippen LogP contribution is 2.03. The van der Waals surface area contributed by atoms with Gasteiger partial charge in [0, 0.05) is 0 Å². The number of hydrogen-bond acceptors (Lipinski definition) is 1. The molecular formula is C6H16NS+. The Kier molecular flexibility index (Phi) is 3.49. The molecule has 0 bridgehead atoms. The zero-order valence-electron chi connectivity index (χ0n) is 6.02. The van der Waals surface area contributed by atoms with Crippen molar-refractivity contribution in [3.63, 3.8) is 0 Å². The van der Waals surface area contributed by atoms with Gasteiger partial charge in [0.1, 0.15) is 0 Å². The van der Waals surface area contributed by atoms with Crippen LogP contribution in [0.3, 0.4) is 0 Å². The summed E-state index contributed by atoms with van der Waals surface area (Å²) in [7, 11) is 4.19. The van der Waals surface area contributed by atoms with E-state index in [0.717, 1.165) is 3.89 Å². The fourth-order valence-electron chi connectivity index (χ4n) is 0.545. The van der Waals surface area contributed by atoms with Gasteiger partial charge in [0.2, 0.25) is 0 Å². The maximum Gasteiger partial charge on any atom is 0.0886 e. The second-order valence-electron chi connectivity index (χ2n) is 2.70. The van der Waals surface area contributed by atoms with Gasteiger partial charge in [-0.15, -0.1) is 0 Å². The minimum Gasteiger partial charge on any atom is -0.269 e. The predicted octanol–water partition coefficient (Wildman–Crippen LogP) is 1.71. The Morgan fingerprint density at radius 1 is 1.38 bits per heavy atom. The lowest BCUT2D eigenvalue weighted by Crippen LogP contribution is -2.28. The molecule has 8 heavy (non-hydrogen) atoms. The minimum atomic E-state index is 0.799. The van der Waals surface area contributed by atoms with Crippen LogP contribution in [0.15, 0.2) is 0 Å². The van der Waals surface area contributed by atoms with Crippen LogP contribution in [0.5, 0.6) is 0 Å². The number of quaternary nitrogens is 1. The molecule has 0 aliphatic heterocycles. The summed E-state index contributed by atoms with van der Waals surface area (Å²) >= 11 is 4.33. The lowest BCUT2D eigenvalue weighted by Gasteiger charge is -2.19. The van der Waals surface area contributed by atoms with Crippen molar-refractivity contribution in [1.82, 2.24) is 0 Å². The molecule has 0 heterocycles. The summed E-state index contributed by atoms with van der Waals surface area (Å²) in [4.78, 5) is 0.